The summed E-state index contributed by atoms with van der Waals surface area (Å²) in [5.41, 5.74) is 0. The van der Waals surface area contributed by atoms with Gasteiger partial charge in [-0.15, -0.1) is 11.3 Å². The van der Waals surface area contributed by atoms with E-state index in [0.29, 0.717) is 12.3 Å². The Kier molecular flexibility index (Phi) is 4.82. The van der Waals surface area contributed by atoms with E-state index in [0.717, 1.165) is 14.2 Å². The number of aryl methyl sites for hydroxylation is 1. The van der Waals surface area contributed by atoms with Crippen molar-refractivity contribution in [1.29, 1.82) is 0 Å². The summed E-state index contributed by atoms with van der Waals surface area (Å²) in [6.45, 7) is 4.47. The molecule has 2 aromatic heterocycles. The molecule has 2 rings (SSSR count). The summed E-state index contributed by atoms with van der Waals surface area (Å²) in [5.74, 6) is 0.579. The number of furan rings is 1. The SMILES string of the molecule is Cc1cnc(C(C)NCc2ccc(S(=O)(=O)N(C)C)o2)s1. The predicted octanol–water partition coefficient (Wildman–Crippen LogP) is 2.15. The maximum Gasteiger partial charge on any atom is 0.275 e. The molecule has 0 aromatic carbocycles. The molecule has 8 heteroatoms. The van der Waals surface area contributed by atoms with Gasteiger partial charge in [-0.1, -0.05) is 0 Å². The number of hydrogen-bond acceptors (Lipinski definition) is 6. The fourth-order valence-corrected chi connectivity index (χ4v) is 3.30. The van der Waals surface area contributed by atoms with Gasteiger partial charge in [-0.25, -0.2) is 17.7 Å². The van der Waals surface area contributed by atoms with Gasteiger partial charge < -0.3 is 9.73 Å². The molecular formula is C13H19N3O3S2. The molecule has 0 aliphatic carbocycles. The quantitative estimate of drug-likeness (QED) is 0.879. The van der Waals surface area contributed by atoms with E-state index in [-0.39, 0.29) is 11.1 Å². The van der Waals surface area contributed by atoms with E-state index < -0.39 is 10.0 Å². The van der Waals surface area contributed by atoms with E-state index in [1.54, 1.807) is 17.4 Å². The number of hydrogen-bond donors (Lipinski definition) is 1. The minimum absolute atomic E-state index is 0.0398. The van der Waals surface area contributed by atoms with Crippen LogP contribution in [-0.2, 0) is 16.6 Å². The number of aromatic nitrogens is 1. The zero-order valence-corrected chi connectivity index (χ0v) is 14.1. The van der Waals surface area contributed by atoms with Gasteiger partial charge in [0.15, 0.2) is 0 Å². The van der Waals surface area contributed by atoms with Crippen molar-refractivity contribution in [2.45, 2.75) is 31.5 Å². The van der Waals surface area contributed by atoms with Crippen molar-refractivity contribution < 1.29 is 12.8 Å². The summed E-state index contributed by atoms with van der Waals surface area (Å²) in [5, 5.41) is 4.23. The van der Waals surface area contributed by atoms with Gasteiger partial charge in [0.05, 0.1) is 12.6 Å². The molecule has 2 aromatic rings. The molecule has 0 spiro atoms. The standard InChI is InChI=1S/C13H19N3O3S2/c1-9-7-15-13(20-9)10(2)14-8-11-5-6-12(19-11)21(17,18)16(3)4/h5-7,10,14H,8H2,1-4H3. The maximum absolute atomic E-state index is 11.9. The average Bonchev–Trinajstić information content (AvgIpc) is 3.04. The van der Waals surface area contributed by atoms with Crippen LogP contribution in [0.2, 0.25) is 0 Å². The summed E-state index contributed by atoms with van der Waals surface area (Å²) >= 11 is 1.64. The molecule has 116 valence electrons. The van der Waals surface area contributed by atoms with Crippen LogP contribution >= 0.6 is 11.3 Å². The molecule has 0 amide bonds. The number of thiazole rings is 1. The normalized spacial score (nSPS) is 13.8. The summed E-state index contributed by atoms with van der Waals surface area (Å²) in [6.07, 6.45) is 1.84. The van der Waals surface area contributed by atoms with Crippen LogP contribution in [0, 0.1) is 6.92 Å². The molecule has 0 saturated heterocycles. The van der Waals surface area contributed by atoms with Crippen LogP contribution in [0.1, 0.15) is 28.6 Å². The van der Waals surface area contributed by atoms with Crippen molar-refractivity contribution in [3.63, 3.8) is 0 Å². The molecule has 21 heavy (non-hydrogen) atoms. The van der Waals surface area contributed by atoms with Crippen molar-refractivity contribution in [2.75, 3.05) is 14.1 Å². The van der Waals surface area contributed by atoms with Crippen LogP contribution in [0.3, 0.4) is 0 Å². The van der Waals surface area contributed by atoms with Crippen LogP contribution in [0.15, 0.2) is 27.8 Å². The third-order valence-electron chi connectivity index (χ3n) is 2.96. The molecule has 1 unspecified atom stereocenters. The predicted molar refractivity (Wildman–Crippen MR) is 81.7 cm³/mol. The number of sulfonamides is 1. The van der Waals surface area contributed by atoms with Crippen LogP contribution in [0.25, 0.3) is 0 Å². The van der Waals surface area contributed by atoms with Gasteiger partial charge in [0.25, 0.3) is 10.0 Å². The Morgan fingerprint density at radius 3 is 2.71 bits per heavy atom. The van der Waals surface area contributed by atoms with Gasteiger partial charge in [0, 0.05) is 25.2 Å². The smallest absolute Gasteiger partial charge is 0.275 e. The minimum Gasteiger partial charge on any atom is -0.447 e. The lowest BCUT2D eigenvalue weighted by molar-refractivity contribution is 0.382. The molecule has 0 bridgehead atoms. The third-order valence-corrected chi connectivity index (χ3v) is 5.75. The third kappa shape index (κ3) is 3.70. The van der Waals surface area contributed by atoms with Gasteiger partial charge >= 0.3 is 0 Å². The largest absolute Gasteiger partial charge is 0.447 e. The van der Waals surface area contributed by atoms with Crippen LogP contribution in [0.4, 0.5) is 0 Å². The Bertz CT molecular complexity index is 704. The first-order chi connectivity index (χ1) is 9.80. The lowest BCUT2D eigenvalue weighted by Crippen LogP contribution is -2.21. The van der Waals surface area contributed by atoms with Gasteiger partial charge in [0.2, 0.25) is 5.09 Å². The lowest BCUT2D eigenvalue weighted by Gasteiger charge is -2.10. The first-order valence-corrected chi connectivity index (χ1v) is 8.73. The molecule has 1 N–H and O–H groups in total. The summed E-state index contributed by atoms with van der Waals surface area (Å²) in [7, 11) is -0.565. The Hall–Kier alpha value is -1.22. The topological polar surface area (TPSA) is 75.4 Å². The second-order valence-corrected chi connectivity index (χ2v) is 8.27. The van der Waals surface area contributed by atoms with Crippen molar-refractivity contribution in [2.24, 2.45) is 0 Å². The number of nitrogens with zero attached hydrogens (tertiary/aromatic N) is 2. The van der Waals surface area contributed by atoms with E-state index in [1.165, 1.54) is 20.2 Å². The molecule has 6 nitrogen and oxygen atoms in total. The molecule has 0 aliphatic rings. The van der Waals surface area contributed by atoms with Crippen molar-refractivity contribution in [3.8, 4) is 0 Å². The first-order valence-electron chi connectivity index (χ1n) is 6.47. The van der Waals surface area contributed by atoms with E-state index in [1.807, 2.05) is 20.0 Å². The fourth-order valence-electron chi connectivity index (χ4n) is 1.69. The van der Waals surface area contributed by atoms with Gasteiger partial charge in [-0.2, -0.15) is 0 Å². The molecular weight excluding hydrogens is 310 g/mol. The number of rotatable bonds is 6. The highest BCUT2D eigenvalue weighted by molar-refractivity contribution is 7.88. The molecule has 0 saturated carbocycles. The highest BCUT2D eigenvalue weighted by Crippen LogP contribution is 2.21. The maximum atomic E-state index is 11.9. The van der Waals surface area contributed by atoms with E-state index in [2.05, 4.69) is 10.3 Å². The number of nitrogens with one attached hydrogen (secondary N) is 1. The molecule has 0 aliphatic heterocycles. The summed E-state index contributed by atoms with van der Waals surface area (Å²) < 4.78 is 30.3. The second-order valence-electron chi connectivity index (χ2n) is 4.92. The van der Waals surface area contributed by atoms with Gasteiger partial charge in [-0.05, 0) is 26.0 Å². The van der Waals surface area contributed by atoms with Crippen molar-refractivity contribution >= 4 is 21.4 Å². The fraction of sp³-hybridized carbons (Fsp3) is 0.462. The van der Waals surface area contributed by atoms with Crippen molar-refractivity contribution in [3.05, 3.63) is 34.0 Å². The van der Waals surface area contributed by atoms with Crippen LogP contribution in [0.5, 0.6) is 0 Å². The summed E-state index contributed by atoms with van der Waals surface area (Å²) in [6, 6.07) is 3.23. The highest BCUT2D eigenvalue weighted by Gasteiger charge is 2.21. The zero-order chi connectivity index (χ0) is 15.6. The Morgan fingerprint density at radius 2 is 2.14 bits per heavy atom. The molecule has 0 fully saturated rings. The Labute approximate surface area is 128 Å². The van der Waals surface area contributed by atoms with Crippen LogP contribution < -0.4 is 5.32 Å². The Morgan fingerprint density at radius 1 is 1.43 bits per heavy atom. The monoisotopic (exact) mass is 329 g/mol. The second kappa shape index (κ2) is 6.27. The van der Waals surface area contributed by atoms with E-state index in [4.69, 9.17) is 4.42 Å². The van der Waals surface area contributed by atoms with E-state index in [9.17, 15) is 8.42 Å². The Balaban J connectivity index is 2.00. The molecule has 1 atom stereocenters. The lowest BCUT2D eigenvalue weighted by atomic mass is 10.3. The van der Waals surface area contributed by atoms with E-state index >= 15 is 0 Å². The van der Waals surface area contributed by atoms with Gasteiger partial charge in [0.1, 0.15) is 10.8 Å². The van der Waals surface area contributed by atoms with Crippen LogP contribution in [-0.4, -0.2) is 31.8 Å². The molecule has 2 heterocycles. The van der Waals surface area contributed by atoms with Crippen molar-refractivity contribution in [1.82, 2.24) is 14.6 Å². The average molecular weight is 329 g/mol. The van der Waals surface area contributed by atoms with Gasteiger partial charge in [-0.3, -0.25) is 0 Å². The first kappa shape index (κ1) is 16.2. The highest BCUT2D eigenvalue weighted by atomic mass is 32.2. The summed E-state index contributed by atoms with van der Waals surface area (Å²) in [4.78, 5) is 5.48. The minimum atomic E-state index is -3.51. The molecule has 0 radical (unpaired) electrons. The zero-order valence-electron chi connectivity index (χ0n) is 12.5.